The van der Waals surface area contributed by atoms with E-state index in [0.717, 1.165) is 168 Å². The Hall–Kier alpha value is -16.7. The topological polar surface area (TPSA) is 139 Å². The number of hydrogen-bond acceptors (Lipinski definition) is 10. The summed E-state index contributed by atoms with van der Waals surface area (Å²) in [4.78, 5) is 45.4. The SMILES string of the molecule is c1ccc(-n2c3ccccc3c3cc(-c4cc(-c5cccc(-c6cccc(-c7ccncc7)n6)c5)cc(-c5cccc(-c6cccc(-c7ccncc7)n6)c5)c4)ccc32)cc1.c1ccc(-n2c3ccccc3c3cc(-c4cc(-c5cccc(-c6cccc(-c7cncnc7)n6)c5)cc(-c5cccc(-c6cccc(-c7cncnc7)n6)c5)c4)ccc32)cc1. The Bertz CT molecular complexity index is 6880. The van der Waals surface area contributed by atoms with Crippen molar-refractivity contribution in [2.24, 2.45) is 0 Å². The lowest BCUT2D eigenvalue weighted by molar-refractivity contribution is 1.16. The van der Waals surface area contributed by atoms with E-state index in [2.05, 4.69) is 354 Å². The third-order valence-corrected chi connectivity index (χ3v) is 22.5. The summed E-state index contributed by atoms with van der Waals surface area (Å²) in [6.07, 6.45) is 17.5. The van der Waals surface area contributed by atoms with Crippen LogP contribution in [0.4, 0.5) is 0 Å². The molecular weight excluding hydrogens is 1490 g/mol. The molecule has 572 valence electrons. The number of nitrogens with zero attached hydrogens (tertiary/aromatic N) is 12. The van der Waals surface area contributed by atoms with Crippen LogP contribution in [0.25, 0.3) is 212 Å². The van der Waals surface area contributed by atoms with Gasteiger partial charge in [-0.05, 0) is 261 Å². The van der Waals surface area contributed by atoms with E-state index in [1.54, 1.807) is 49.6 Å². The van der Waals surface area contributed by atoms with Crippen molar-refractivity contribution in [2.45, 2.75) is 0 Å². The van der Waals surface area contributed by atoms with Crippen LogP contribution in [0.5, 0.6) is 0 Å². The predicted molar refractivity (Wildman–Crippen MR) is 496 cm³/mol. The molecule has 0 aliphatic rings. The summed E-state index contributed by atoms with van der Waals surface area (Å²) < 4.78 is 4.72. The molecule has 0 bridgehead atoms. The minimum absolute atomic E-state index is 0.828. The molecule has 12 aromatic carbocycles. The molecule has 0 saturated heterocycles. The predicted octanol–water partition coefficient (Wildman–Crippen LogP) is 26.9. The number of pyridine rings is 6. The Morgan fingerprint density at radius 2 is 0.393 bits per heavy atom. The number of fused-ring (bicyclic) bond motifs is 6. The van der Waals surface area contributed by atoms with E-state index in [9.17, 15) is 0 Å². The zero-order valence-corrected chi connectivity index (χ0v) is 65.9. The van der Waals surface area contributed by atoms with Crippen molar-refractivity contribution in [3.05, 3.63) is 438 Å². The van der Waals surface area contributed by atoms with Gasteiger partial charge in [-0.15, -0.1) is 0 Å². The molecule has 0 amide bonds. The third kappa shape index (κ3) is 14.7. The van der Waals surface area contributed by atoms with E-state index in [0.29, 0.717) is 0 Å². The Morgan fingerprint density at radius 3 is 0.713 bits per heavy atom. The maximum Gasteiger partial charge on any atom is 0.115 e. The average molecular weight is 1560 g/mol. The zero-order chi connectivity index (χ0) is 81.1. The van der Waals surface area contributed by atoms with Crippen molar-refractivity contribution in [2.75, 3.05) is 0 Å². The van der Waals surface area contributed by atoms with Crippen LogP contribution < -0.4 is 0 Å². The fourth-order valence-corrected chi connectivity index (χ4v) is 16.6. The molecule has 10 heterocycles. The monoisotopic (exact) mass is 1560 g/mol. The molecular formula is C110H72N12. The summed E-state index contributed by atoms with van der Waals surface area (Å²) >= 11 is 0. The van der Waals surface area contributed by atoms with Gasteiger partial charge in [-0.25, -0.2) is 39.9 Å². The highest BCUT2D eigenvalue weighted by Gasteiger charge is 2.20. The average Bonchev–Trinajstić information content (AvgIpc) is 1.60. The highest BCUT2D eigenvalue weighted by Crippen LogP contribution is 2.43. The second kappa shape index (κ2) is 32.4. The maximum atomic E-state index is 5.08. The highest BCUT2D eigenvalue weighted by atomic mass is 15.0. The van der Waals surface area contributed by atoms with Crippen molar-refractivity contribution in [1.82, 2.24) is 59.0 Å². The van der Waals surface area contributed by atoms with E-state index >= 15 is 0 Å². The second-order valence-electron chi connectivity index (χ2n) is 30.1. The van der Waals surface area contributed by atoms with Gasteiger partial charge < -0.3 is 9.13 Å². The van der Waals surface area contributed by atoms with Gasteiger partial charge in [-0.3, -0.25) is 9.97 Å². The number of aromatic nitrogens is 12. The van der Waals surface area contributed by atoms with E-state index in [4.69, 9.17) is 19.9 Å². The van der Waals surface area contributed by atoms with Crippen molar-refractivity contribution in [3.8, 4) is 168 Å². The van der Waals surface area contributed by atoms with Crippen LogP contribution >= 0.6 is 0 Å². The second-order valence-corrected chi connectivity index (χ2v) is 30.1. The standard InChI is InChI=1S/C56H37N5.C54H35N7/c1-2-14-48(15-3-1)61-55-21-5-4-16-49(55)50-37-42(22-23-56(50)61)47-35-45(40-10-6-12-43(32-40)53-19-8-17-51(59-53)38-24-28-57-29-25-38)34-46(36-47)41-11-7-13-44(33-41)54-20-9-18-52(60-54)39-26-30-58-31-27-39;1-2-14-46(15-3-1)61-53-21-5-4-16-47(53)48-29-38(22-23-54(48)61)43-27-41(36-10-6-12-39(24-36)49-17-8-19-51(59-49)44-30-55-34-56-31-44)26-42(28-43)37-11-7-13-40(25-37)50-18-9-20-52(60-50)45-32-57-35-58-33-45/h1-37H;1-35H. The molecule has 0 fully saturated rings. The van der Waals surface area contributed by atoms with Gasteiger partial charge in [0, 0.05) is 127 Å². The molecule has 0 radical (unpaired) electrons. The van der Waals surface area contributed by atoms with Crippen molar-refractivity contribution < 1.29 is 0 Å². The first-order valence-corrected chi connectivity index (χ1v) is 40.5. The molecule has 0 spiro atoms. The van der Waals surface area contributed by atoms with Gasteiger partial charge >= 0.3 is 0 Å². The first-order valence-electron chi connectivity index (χ1n) is 40.5. The van der Waals surface area contributed by atoms with E-state index in [1.165, 1.54) is 56.3 Å². The van der Waals surface area contributed by atoms with Crippen LogP contribution in [0, 0.1) is 0 Å². The molecule has 0 atom stereocenters. The molecule has 0 N–H and O–H groups in total. The normalized spacial score (nSPS) is 11.3. The lowest BCUT2D eigenvalue weighted by Gasteiger charge is -2.14. The van der Waals surface area contributed by atoms with Crippen LogP contribution in [-0.2, 0) is 0 Å². The molecule has 10 aromatic heterocycles. The van der Waals surface area contributed by atoms with E-state index in [1.807, 2.05) is 60.7 Å². The third-order valence-electron chi connectivity index (χ3n) is 22.5. The van der Waals surface area contributed by atoms with Gasteiger partial charge in [0.2, 0.25) is 0 Å². The van der Waals surface area contributed by atoms with Gasteiger partial charge in [0.05, 0.1) is 67.6 Å². The van der Waals surface area contributed by atoms with Crippen LogP contribution in [0.2, 0.25) is 0 Å². The van der Waals surface area contributed by atoms with Crippen LogP contribution in [0.1, 0.15) is 0 Å². The molecule has 0 aliphatic carbocycles. The van der Waals surface area contributed by atoms with Gasteiger partial charge in [0.25, 0.3) is 0 Å². The molecule has 22 rings (SSSR count). The minimum atomic E-state index is 0.828. The van der Waals surface area contributed by atoms with Gasteiger partial charge in [0.15, 0.2) is 0 Å². The largest absolute Gasteiger partial charge is 0.309 e. The minimum Gasteiger partial charge on any atom is -0.309 e. The van der Waals surface area contributed by atoms with Gasteiger partial charge in [-0.2, -0.15) is 0 Å². The van der Waals surface area contributed by atoms with Gasteiger partial charge in [0.1, 0.15) is 12.7 Å². The summed E-state index contributed by atoms with van der Waals surface area (Å²) in [6.45, 7) is 0. The summed E-state index contributed by atoms with van der Waals surface area (Å²) in [7, 11) is 0. The summed E-state index contributed by atoms with van der Waals surface area (Å²) in [6, 6.07) is 133. The molecule has 12 nitrogen and oxygen atoms in total. The maximum absolute atomic E-state index is 5.08. The number of rotatable bonds is 16. The Labute approximate surface area is 704 Å². The molecule has 0 unspecified atom stereocenters. The van der Waals surface area contributed by atoms with Crippen LogP contribution in [0.3, 0.4) is 0 Å². The molecule has 12 heteroatoms. The Balaban J connectivity index is 0.000000150. The molecule has 22 aromatic rings. The van der Waals surface area contributed by atoms with Crippen molar-refractivity contribution in [1.29, 1.82) is 0 Å². The molecule has 122 heavy (non-hydrogen) atoms. The lowest BCUT2D eigenvalue weighted by Crippen LogP contribution is -1.93. The highest BCUT2D eigenvalue weighted by molar-refractivity contribution is 6.12. The number of para-hydroxylation sites is 4. The fourth-order valence-electron chi connectivity index (χ4n) is 16.6. The summed E-state index contributed by atoms with van der Waals surface area (Å²) in [5.41, 5.74) is 35.4. The van der Waals surface area contributed by atoms with E-state index in [-0.39, 0.29) is 0 Å². The first-order chi connectivity index (χ1) is 60.4. The van der Waals surface area contributed by atoms with Crippen LogP contribution in [0.15, 0.2) is 438 Å². The first kappa shape index (κ1) is 73.0. The van der Waals surface area contributed by atoms with Crippen molar-refractivity contribution >= 4 is 43.6 Å². The fraction of sp³-hybridized carbons (Fsp3) is 0. The van der Waals surface area contributed by atoms with Crippen LogP contribution in [-0.4, -0.2) is 59.0 Å². The summed E-state index contributed by atoms with van der Waals surface area (Å²) in [5.74, 6) is 0. The smallest absolute Gasteiger partial charge is 0.115 e. The lowest BCUT2D eigenvalue weighted by atomic mass is 9.91. The zero-order valence-electron chi connectivity index (χ0n) is 65.9. The summed E-state index contributed by atoms with van der Waals surface area (Å²) in [5, 5.41) is 4.86. The number of hydrogen-bond donors (Lipinski definition) is 0. The van der Waals surface area contributed by atoms with Gasteiger partial charge in [-0.1, -0.05) is 182 Å². The van der Waals surface area contributed by atoms with Crippen molar-refractivity contribution in [3.63, 3.8) is 0 Å². The van der Waals surface area contributed by atoms with E-state index < -0.39 is 0 Å². The number of benzene rings is 12. The Morgan fingerprint density at radius 1 is 0.148 bits per heavy atom. The Kier molecular flexibility index (Phi) is 19.4. The quantitative estimate of drug-likeness (QED) is 0.0919. The molecule has 0 saturated carbocycles. The molecule has 0 aliphatic heterocycles.